The van der Waals surface area contributed by atoms with Crippen LogP contribution in [0.3, 0.4) is 0 Å². The number of para-hydroxylation sites is 1. The van der Waals surface area contributed by atoms with Crippen LogP contribution in [0.5, 0.6) is 0 Å². The van der Waals surface area contributed by atoms with Crippen LogP contribution in [0.4, 0.5) is 39.5 Å². The Morgan fingerprint density at radius 1 is 0.385 bits per heavy atom. The zero-order chi connectivity index (χ0) is 63.0. The Kier molecular flexibility index (Phi) is 26.3. The minimum Gasteiger partial charge on any atom is -0.573 e. The van der Waals surface area contributed by atoms with Gasteiger partial charge in [-0.05, 0) is 101 Å². The molecule has 0 atom stereocenters. The predicted molar refractivity (Wildman–Crippen MR) is 294 cm³/mol. The molecule has 12 heterocycles. The molecule has 478 valence electrons. The van der Waals surface area contributed by atoms with Crippen LogP contribution in [0, 0.1) is 20.8 Å². The number of nitrogens with zero attached hydrogens (tertiary/aromatic N) is 24. The number of hydrogen-bond acceptors (Lipinski definition) is 15. The van der Waals surface area contributed by atoms with Gasteiger partial charge in [-0.3, -0.25) is 30.2 Å². The van der Waals surface area contributed by atoms with Gasteiger partial charge >= 0.3 is 81.7 Å². The average molecular weight is 1800 g/mol. The maximum atomic E-state index is 12.2. The number of imidazole rings is 3. The van der Waals surface area contributed by atoms with Crippen LogP contribution >= 0.6 is 0 Å². The molecule has 0 spiro atoms. The summed E-state index contributed by atoms with van der Waals surface area (Å²) in [5, 5.41) is 42.8. The van der Waals surface area contributed by atoms with Crippen LogP contribution in [-0.4, -0.2) is 89.1 Å². The molecule has 13 rings (SSSR count). The van der Waals surface area contributed by atoms with Crippen molar-refractivity contribution in [2.24, 2.45) is 7.05 Å². The molecule has 0 aliphatic carbocycles. The van der Waals surface area contributed by atoms with Gasteiger partial charge in [0.05, 0.1) is 0 Å². The minimum absolute atomic E-state index is 0. The summed E-state index contributed by atoms with van der Waals surface area (Å²) >= 11 is 0. The molecule has 0 N–H and O–H groups in total. The molecule has 1 aromatic carbocycles. The van der Waals surface area contributed by atoms with Crippen molar-refractivity contribution in [1.82, 2.24) is 120 Å². The van der Waals surface area contributed by atoms with Gasteiger partial charge in [-0.1, -0.05) is 53.5 Å². The quantitative estimate of drug-likeness (QED) is 0.128. The number of hydrogen-bond donors (Lipinski definition) is 0. The molecule has 13 aromatic rings. The van der Waals surface area contributed by atoms with Crippen LogP contribution in [0.15, 0.2) is 159 Å². The first kappa shape index (κ1) is 72.5. The number of alkyl halides is 9. The summed E-state index contributed by atoms with van der Waals surface area (Å²) in [6, 6.07) is 27.7. The fourth-order valence-corrected chi connectivity index (χ4v) is 7.21. The number of pyridine rings is 3. The smallest absolute Gasteiger partial charge is 0.573 e. The molecule has 0 aliphatic heterocycles. The summed E-state index contributed by atoms with van der Waals surface area (Å²) in [4.78, 5) is 36.7. The van der Waals surface area contributed by atoms with Gasteiger partial charge in [-0.15, -0.1) is 0 Å². The summed E-state index contributed by atoms with van der Waals surface area (Å²) < 4.78 is 116. The van der Waals surface area contributed by atoms with Crippen molar-refractivity contribution in [3.8, 4) is 74.8 Å². The summed E-state index contributed by atoms with van der Waals surface area (Å²) in [6.07, 6.45) is 1.92. The van der Waals surface area contributed by atoms with E-state index < -0.39 is 35.6 Å². The fourth-order valence-electron chi connectivity index (χ4n) is 7.21. The van der Waals surface area contributed by atoms with Crippen molar-refractivity contribution in [3.63, 3.8) is 0 Å². The number of aromatic nitrogens is 24. The van der Waals surface area contributed by atoms with Gasteiger partial charge in [0.25, 0.3) is 0 Å². The number of halogens is 9. The van der Waals surface area contributed by atoms with E-state index in [1.807, 2.05) is 83.5 Å². The van der Waals surface area contributed by atoms with Crippen LogP contribution in [-0.2, 0) is 88.8 Å². The van der Waals surface area contributed by atoms with Crippen molar-refractivity contribution < 1.29 is 103 Å². The molecule has 36 heteroatoms. The molecule has 24 nitrogen and oxygen atoms in total. The summed E-state index contributed by atoms with van der Waals surface area (Å²) in [5.41, 5.74) is -0.452. The molecular weight excluding hydrogens is 1750 g/mol. The van der Waals surface area contributed by atoms with E-state index in [1.54, 1.807) is 80.1 Å². The summed E-state index contributed by atoms with van der Waals surface area (Å²) in [7, 11) is 1.90. The molecular formula is C55H45F9N24Pt3. The number of aryl methyl sites for hydroxylation is 4. The van der Waals surface area contributed by atoms with Gasteiger partial charge in [-0.25, -0.2) is 15.0 Å². The van der Waals surface area contributed by atoms with Gasteiger partial charge in [-0.2, -0.15) is 39.5 Å². The maximum Gasteiger partial charge on any atom is 2.00 e. The molecule has 0 fully saturated rings. The minimum atomic E-state index is -4.46. The topological polar surface area (TPSA) is 293 Å². The Labute approximate surface area is 553 Å². The van der Waals surface area contributed by atoms with Crippen LogP contribution in [0.1, 0.15) is 54.4 Å². The van der Waals surface area contributed by atoms with Gasteiger partial charge in [0.15, 0.2) is 0 Å². The zero-order valence-corrected chi connectivity index (χ0v) is 54.5. The summed E-state index contributed by atoms with van der Waals surface area (Å²) in [6.45, 7) is 9.62. The fraction of sp³-hybridized carbons (Fsp3) is 0.182. The molecule has 91 heavy (non-hydrogen) atoms. The van der Waals surface area contributed by atoms with E-state index in [1.165, 1.54) is 18.6 Å². The first-order valence-electron chi connectivity index (χ1n) is 25.6. The number of benzene rings is 1. The molecule has 0 unspecified atom stereocenters. The van der Waals surface area contributed by atoms with Crippen molar-refractivity contribution >= 4 is 0 Å². The standard InChI is InChI=1S/C12H10N5.3C9H5F3N3.C9H12N5.C7H8N5.3Pt/c1-9-14-11(16-15-9)12-13-7-8-17(12)10-5-3-2-4-6-10;3*10-9(11,12)8-5-7(14-15-8)6-3-1-2-4-13-6;1-6(2)14-5-4-10-9(14)8-11-7(3)12-13-8;1-5-9-6(11-10-5)7-8-3-4-12(7)2;;;/h2-8H,1H3;3*1-5H;4-6H,1-3H3;3-4H,1-2H3;;;/q6*-1;3*+2. The predicted octanol–water partition coefficient (Wildman–Crippen LogP) is 9.28. The van der Waals surface area contributed by atoms with Crippen molar-refractivity contribution in [2.45, 2.75) is 59.2 Å². The largest absolute Gasteiger partial charge is 2.00 e. The molecule has 0 saturated heterocycles. The van der Waals surface area contributed by atoms with Gasteiger partial charge < -0.3 is 74.5 Å². The Bertz CT molecular complexity index is 3980. The SMILES string of the molecule is Cc1n[n-]c(-c2nccn2-c2ccccc2)n1.Cc1n[n-]c(-c2nccn2C(C)C)n1.Cc1n[n-]c(-c2nccn2C)n1.FC(F)(F)c1cc(-c2ccccn2)[n-]n1.FC(F)(F)c1cc(-c2ccccn2)[n-]n1.FC(F)(F)c1cc(-c2ccccn2)[n-]n1.[Pt+2].[Pt+2].[Pt+2]. The normalized spacial score (nSPS) is 10.9. The third-order valence-electron chi connectivity index (χ3n) is 11.3. The Hall–Kier alpha value is -9.22. The van der Waals surface area contributed by atoms with E-state index >= 15 is 0 Å². The number of rotatable bonds is 8. The van der Waals surface area contributed by atoms with Gasteiger partial charge in [0.2, 0.25) is 0 Å². The molecule has 0 amide bonds. The molecule has 0 radical (unpaired) electrons. The van der Waals surface area contributed by atoms with Crippen molar-refractivity contribution in [2.75, 3.05) is 0 Å². The average Bonchev–Trinajstić information content (AvgIpc) is 2.02. The first-order valence-corrected chi connectivity index (χ1v) is 25.6. The monoisotopic (exact) mass is 1800 g/mol. The second kappa shape index (κ2) is 33.0. The van der Waals surface area contributed by atoms with E-state index in [0.29, 0.717) is 63.9 Å². The Morgan fingerprint density at radius 3 is 1.07 bits per heavy atom. The maximum absolute atomic E-state index is 12.2. The second-order valence-corrected chi connectivity index (χ2v) is 18.1. The third kappa shape index (κ3) is 20.4. The Balaban J connectivity index is 0.000000198. The van der Waals surface area contributed by atoms with E-state index in [-0.39, 0.29) is 80.3 Å². The zero-order valence-electron chi connectivity index (χ0n) is 47.7. The van der Waals surface area contributed by atoms with E-state index in [0.717, 1.165) is 35.5 Å². The third-order valence-corrected chi connectivity index (χ3v) is 11.3. The van der Waals surface area contributed by atoms with Crippen molar-refractivity contribution in [3.05, 3.63) is 193 Å². The van der Waals surface area contributed by atoms with Gasteiger partial charge in [0.1, 0.15) is 34.6 Å². The second-order valence-electron chi connectivity index (χ2n) is 18.1. The van der Waals surface area contributed by atoms with Gasteiger partial charge in [0, 0.05) is 127 Å². The van der Waals surface area contributed by atoms with Crippen LogP contribution < -0.4 is 30.6 Å². The Morgan fingerprint density at radius 2 is 0.736 bits per heavy atom. The van der Waals surface area contributed by atoms with Crippen molar-refractivity contribution in [1.29, 1.82) is 0 Å². The van der Waals surface area contributed by atoms with E-state index in [2.05, 4.69) is 120 Å². The van der Waals surface area contributed by atoms with Crippen LogP contribution in [0.2, 0.25) is 0 Å². The van der Waals surface area contributed by atoms with Crippen LogP contribution in [0.25, 0.3) is 74.8 Å². The summed E-state index contributed by atoms with van der Waals surface area (Å²) in [5.74, 6) is 5.97. The van der Waals surface area contributed by atoms with E-state index in [9.17, 15) is 39.5 Å². The molecule has 0 bridgehead atoms. The molecule has 0 aliphatic rings. The molecule has 0 saturated carbocycles. The first-order chi connectivity index (χ1) is 42.0. The van der Waals surface area contributed by atoms with E-state index in [4.69, 9.17) is 0 Å². The molecule has 12 aromatic heterocycles.